The third-order valence-corrected chi connectivity index (χ3v) is 6.65. The molecule has 0 saturated heterocycles. The molecule has 9 nitrogen and oxygen atoms in total. The second-order valence-corrected chi connectivity index (χ2v) is 9.31. The van der Waals surface area contributed by atoms with Gasteiger partial charge in [0.2, 0.25) is 0 Å². The molecule has 0 aliphatic carbocycles. The molecule has 4 heterocycles. The molecular weight excluding hydrogens is 504 g/mol. The van der Waals surface area contributed by atoms with Gasteiger partial charge in [-0.2, -0.15) is 10.4 Å². The van der Waals surface area contributed by atoms with Gasteiger partial charge in [-0.25, -0.2) is 4.98 Å². The predicted molar refractivity (Wildman–Crippen MR) is 143 cm³/mol. The lowest BCUT2D eigenvalue weighted by Crippen LogP contribution is -2.26. The quantitative estimate of drug-likeness (QED) is 0.310. The van der Waals surface area contributed by atoms with Crippen molar-refractivity contribution < 1.29 is 9.84 Å². The second kappa shape index (κ2) is 10.00. The summed E-state index contributed by atoms with van der Waals surface area (Å²) in [5.41, 5.74) is 4.00. The topological polar surface area (TPSA) is 130 Å². The third kappa shape index (κ3) is 4.46. The molecule has 2 N–H and O–H groups in total. The van der Waals surface area contributed by atoms with Crippen LogP contribution in [0.25, 0.3) is 22.2 Å². The summed E-state index contributed by atoms with van der Waals surface area (Å²) in [6.45, 7) is 5.58. The highest BCUT2D eigenvalue weighted by molar-refractivity contribution is 6.31. The number of nitrogens with one attached hydrogen (secondary N) is 1. The summed E-state index contributed by atoms with van der Waals surface area (Å²) >= 11 is 6.67. The van der Waals surface area contributed by atoms with Crippen molar-refractivity contribution >= 4 is 22.5 Å². The molecule has 0 aliphatic heterocycles. The average molecular weight is 527 g/mol. The summed E-state index contributed by atoms with van der Waals surface area (Å²) in [6, 6.07) is 13.7. The van der Waals surface area contributed by atoms with Crippen LogP contribution >= 0.6 is 11.6 Å². The van der Waals surface area contributed by atoms with Crippen LogP contribution in [-0.4, -0.2) is 29.8 Å². The number of rotatable bonds is 6. The first-order valence-corrected chi connectivity index (χ1v) is 12.2. The predicted octanol–water partition coefficient (Wildman–Crippen LogP) is 5.22. The normalized spacial score (nSPS) is 11.9. The molecule has 0 radical (unpaired) electrons. The Labute approximate surface area is 223 Å². The van der Waals surface area contributed by atoms with Crippen LogP contribution in [0.3, 0.4) is 0 Å². The van der Waals surface area contributed by atoms with E-state index >= 15 is 0 Å². The van der Waals surface area contributed by atoms with Crippen LogP contribution in [0.2, 0.25) is 5.02 Å². The maximum atomic E-state index is 12.8. The lowest BCUT2D eigenvalue weighted by Gasteiger charge is -2.20. The summed E-state index contributed by atoms with van der Waals surface area (Å²) in [7, 11) is 0. The van der Waals surface area contributed by atoms with Gasteiger partial charge in [-0.3, -0.25) is 14.9 Å². The van der Waals surface area contributed by atoms with Crippen LogP contribution in [0.15, 0.2) is 59.7 Å². The Morgan fingerprint density at radius 3 is 2.71 bits per heavy atom. The number of fused-ring (bicyclic) bond motifs is 1. The van der Waals surface area contributed by atoms with Gasteiger partial charge in [0.25, 0.3) is 5.56 Å². The fourth-order valence-corrected chi connectivity index (χ4v) is 4.81. The van der Waals surface area contributed by atoms with Crippen molar-refractivity contribution in [3.63, 3.8) is 0 Å². The number of benzene rings is 1. The summed E-state index contributed by atoms with van der Waals surface area (Å²) < 4.78 is 7.73. The molecule has 1 unspecified atom stereocenters. The second-order valence-electron chi connectivity index (χ2n) is 8.90. The van der Waals surface area contributed by atoms with Gasteiger partial charge in [0.05, 0.1) is 23.0 Å². The first kappa shape index (κ1) is 25.0. The standard InChI is InChI=1S/C28H23ClN6O3/c1-15-10-20(26-23(36)13-31-34-26)19-7-4-8-24(27(19)33-15)38-14-21-22(29)11-16(2)32-25(21)17(3)35-9-5-6-18(12-30)28(35)37/h4-11,13,17,36H,14H2,1-3H3,(H,31,34). The van der Waals surface area contributed by atoms with E-state index in [0.29, 0.717) is 38.9 Å². The summed E-state index contributed by atoms with van der Waals surface area (Å²) in [4.78, 5) is 22.2. The fraction of sp³-hybridized carbons (Fsp3) is 0.179. The first-order chi connectivity index (χ1) is 18.3. The SMILES string of the molecule is Cc1cc(Cl)c(COc2cccc3c(-c4n[nH]cc4O)cc(C)nc23)c(C(C)n2cccc(C#N)c2=O)n1. The number of aromatic hydroxyl groups is 1. The highest BCUT2D eigenvalue weighted by Gasteiger charge is 2.21. The Kier molecular flexibility index (Phi) is 6.57. The van der Waals surface area contributed by atoms with Crippen LogP contribution in [-0.2, 0) is 6.61 Å². The molecule has 0 amide bonds. The Morgan fingerprint density at radius 2 is 1.97 bits per heavy atom. The molecule has 10 heteroatoms. The van der Waals surface area contributed by atoms with E-state index < -0.39 is 11.6 Å². The Balaban J connectivity index is 1.56. The van der Waals surface area contributed by atoms with E-state index in [1.807, 2.05) is 51.1 Å². The van der Waals surface area contributed by atoms with Gasteiger partial charge in [-0.15, -0.1) is 0 Å². The molecule has 4 aromatic heterocycles. The minimum atomic E-state index is -0.506. The number of halogens is 1. The maximum Gasteiger partial charge on any atom is 0.269 e. The van der Waals surface area contributed by atoms with E-state index in [0.717, 1.165) is 16.6 Å². The molecular formula is C28H23ClN6O3. The van der Waals surface area contributed by atoms with Gasteiger partial charge in [0, 0.05) is 34.1 Å². The number of para-hydroxylation sites is 1. The highest BCUT2D eigenvalue weighted by Crippen LogP contribution is 2.36. The lowest BCUT2D eigenvalue weighted by molar-refractivity contribution is 0.306. The Hall–Kier alpha value is -4.68. The Morgan fingerprint density at radius 1 is 1.18 bits per heavy atom. The van der Waals surface area contributed by atoms with Crippen LogP contribution < -0.4 is 10.3 Å². The highest BCUT2D eigenvalue weighted by atomic mass is 35.5. The van der Waals surface area contributed by atoms with Gasteiger partial charge >= 0.3 is 0 Å². The van der Waals surface area contributed by atoms with E-state index in [-0.39, 0.29) is 17.9 Å². The molecule has 190 valence electrons. The van der Waals surface area contributed by atoms with Crippen molar-refractivity contribution in [1.82, 2.24) is 24.7 Å². The van der Waals surface area contributed by atoms with Crippen molar-refractivity contribution in [2.45, 2.75) is 33.4 Å². The number of nitrogens with zero attached hydrogens (tertiary/aromatic N) is 5. The molecule has 0 saturated carbocycles. The fourth-order valence-electron chi connectivity index (χ4n) is 4.50. The molecule has 0 bridgehead atoms. The summed E-state index contributed by atoms with van der Waals surface area (Å²) in [5.74, 6) is 0.552. The monoisotopic (exact) mass is 526 g/mol. The van der Waals surface area contributed by atoms with Crippen molar-refractivity contribution in [2.24, 2.45) is 0 Å². The zero-order chi connectivity index (χ0) is 27.0. The van der Waals surface area contributed by atoms with E-state index in [4.69, 9.17) is 26.3 Å². The largest absolute Gasteiger partial charge is 0.504 e. The Bertz CT molecular complexity index is 1790. The summed E-state index contributed by atoms with van der Waals surface area (Å²) in [5, 5.41) is 27.6. The first-order valence-electron chi connectivity index (χ1n) is 11.8. The van der Waals surface area contributed by atoms with Gasteiger partial charge < -0.3 is 14.4 Å². The van der Waals surface area contributed by atoms with E-state index in [2.05, 4.69) is 10.2 Å². The lowest BCUT2D eigenvalue weighted by atomic mass is 10.0. The van der Waals surface area contributed by atoms with Gasteiger partial charge in [0.1, 0.15) is 35.2 Å². The minimum Gasteiger partial charge on any atom is -0.504 e. The third-order valence-electron chi connectivity index (χ3n) is 6.32. The van der Waals surface area contributed by atoms with Gasteiger partial charge in [-0.05, 0) is 51.1 Å². The number of H-pyrrole nitrogens is 1. The summed E-state index contributed by atoms with van der Waals surface area (Å²) in [6.07, 6.45) is 3.05. The van der Waals surface area contributed by atoms with Crippen molar-refractivity contribution in [3.05, 3.63) is 98.4 Å². The van der Waals surface area contributed by atoms with Crippen LogP contribution in [0.5, 0.6) is 11.5 Å². The number of hydrogen-bond donors (Lipinski definition) is 2. The minimum absolute atomic E-state index is 0.0371. The van der Waals surface area contributed by atoms with Gasteiger partial charge in [-0.1, -0.05) is 23.7 Å². The smallest absolute Gasteiger partial charge is 0.269 e. The molecule has 0 fully saturated rings. The van der Waals surface area contributed by atoms with E-state index in [1.165, 1.54) is 16.8 Å². The molecule has 1 atom stereocenters. The average Bonchev–Trinajstić information content (AvgIpc) is 3.32. The number of aromatic nitrogens is 5. The van der Waals surface area contributed by atoms with Gasteiger partial charge in [0.15, 0.2) is 5.75 Å². The van der Waals surface area contributed by atoms with Crippen molar-refractivity contribution in [1.29, 1.82) is 5.26 Å². The molecule has 0 aliphatic rings. The van der Waals surface area contributed by atoms with Crippen molar-refractivity contribution in [3.8, 4) is 28.8 Å². The van der Waals surface area contributed by atoms with E-state index in [1.54, 1.807) is 18.3 Å². The molecule has 5 rings (SSSR count). The van der Waals surface area contributed by atoms with Crippen LogP contribution in [0.1, 0.15) is 41.2 Å². The molecule has 38 heavy (non-hydrogen) atoms. The molecule has 0 spiro atoms. The number of pyridine rings is 3. The number of nitriles is 1. The number of ether oxygens (including phenoxy) is 1. The maximum absolute atomic E-state index is 12.8. The van der Waals surface area contributed by atoms with Crippen LogP contribution in [0, 0.1) is 25.2 Å². The number of aryl methyl sites for hydroxylation is 2. The zero-order valence-electron chi connectivity index (χ0n) is 20.9. The molecule has 5 aromatic rings. The number of hydrogen-bond acceptors (Lipinski definition) is 7. The van der Waals surface area contributed by atoms with Crippen LogP contribution in [0.4, 0.5) is 0 Å². The molecule has 1 aromatic carbocycles. The number of aromatic amines is 1. The zero-order valence-corrected chi connectivity index (χ0v) is 21.6. The van der Waals surface area contributed by atoms with E-state index in [9.17, 15) is 15.2 Å². The van der Waals surface area contributed by atoms with Crippen molar-refractivity contribution in [2.75, 3.05) is 0 Å².